The van der Waals surface area contributed by atoms with Gasteiger partial charge in [-0.3, -0.25) is 19.0 Å². The van der Waals surface area contributed by atoms with Crippen LogP contribution in [-0.4, -0.2) is 44.8 Å². The molecule has 0 fully saturated rings. The highest BCUT2D eigenvalue weighted by atomic mass is 35.5. The summed E-state index contributed by atoms with van der Waals surface area (Å²) in [6, 6.07) is 8.13. The maximum Gasteiger partial charge on any atom is 0.573 e. The van der Waals surface area contributed by atoms with E-state index in [-0.39, 0.29) is 33.8 Å². The molecule has 0 bridgehead atoms. The lowest BCUT2D eigenvalue weighted by molar-refractivity contribution is -0.274. The summed E-state index contributed by atoms with van der Waals surface area (Å²) in [5.74, 6) is -2.99. The number of imidazole rings is 1. The molecule has 1 aliphatic rings. The molecule has 0 aliphatic carbocycles. The summed E-state index contributed by atoms with van der Waals surface area (Å²) < 4.78 is 42.9. The molecular weight excluding hydrogens is 552 g/mol. The topological polar surface area (TPSA) is 114 Å². The number of aromatic nitrogens is 2. The van der Waals surface area contributed by atoms with E-state index in [1.165, 1.54) is 59.8 Å². The molecule has 2 aromatic carbocycles. The van der Waals surface area contributed by atoms with Gasteiger partial charge < -0.3 is 15.2 Å². The number of hydrogen-bond donors (Lipinski definition) is 2. The van der Waals surface area contributed by atoms with E-state index in [0.717, 1.165) is 12.1 Å². The summed E-state index contributed by atoms with van der Waals surface area (Å²) in [6.45, 7) is 2.81. The number of fused-ring (bicyclic) bond motifs is 1. The van der Waals surface area contributed by atoms with Crippen LogP contribution in [0, 0.1) is 0 Å². The predicted octanol–water partition coefficient (Wildman–Crippen LogP) is 4.93. The number of anilines is 2. The van der Waals surface area contributed by atoms with E-state index >= 15 is 0 Å². The fourth-order valence-corrected chi connectivity index (χ4v) is 4.68. The van der Waals surface area contributed by atoms with Crippen LogP contribution in [0.25, 0.3) is 0 Å². The average molecular weight is 571 g/mol. The monoisotopic (exact) mass is 570 g/mol. The van der Waals surface area contributed by atoms with Crippen LogP contribution in [0.3, 0.4) is 0 Å². The number of halogens is 5. The summed E-state index contributed by atoms with van der Waals surface area (Å²) in [6.07, 6.45) is -3.74. The van der Waals surface area contributed by atoms with Crippen molar-refractivity contribution in [2.45, 2.75) is 38.2 Å². The van der Waals surface area contributed by atoms with Crippen molar-refractivity contribution in [3.63, 3.8) is 0 Å². The fourth-order valence-electron chi connectivity index (χ4n) is 4.17. The molecule has 3 aromatic rings. The predicted molar refractivity (Wildman–Crippen MR) is 131 cm³/mol. The molecule has 38 heavy (non-hydrogen) atoms. The van der Waals surface area contributed by atoms with Crippen molar-refractivity contribution in [2.24, 2.45) is 0 Å². The van der Waals surface area contributed by atoms with Gasteiger partial charge in [0.05, 0.1) is 11.9 Å². The number of aliphatic carboxylic acids is 1. The molecule has 2 N–H and O–H groups in total. The third-order valence-corrected chi connectivity index (χ3v) is 6.30. The Morgan fingerprint density at radius 1 is 1.16 bits per heavy atom. The third kappa shape index (κ3) is 5.27. The number of carbonyl (C=O) groups is 3. The van der Waals surface area contributed by atoms with E-state index < -0.39 is 41.5 Å². The van der Waals surface area contributed by atoms with E-state index in [2.05, 4.69) is 15.0 Å². The minimum absolute atomic E-state index is 0.0426. The highest BCUT2D eigenvalue weighted by Crippen LogP contribution is 2.43. The zero-order chi connectivity index (χ0) is 28.0. The molecule has 0 spiro atoms. The van der Waals surface area contributed by atoms with Crippen molar-refractivity contribution < 1.29 is 37.4 Å². The number of carboxylic acid groups (broad SMARTS) is 1. The number of amides is 2. The number of benzene rings is 2. The van der Waals surface area contributed by atoms with Gasteiger partial charge in [0.1, 0.15) is 23.0 Å². The van der Waals surface area contributed by atoms with Crippen LogP contribution in [0.15, 0.2) is 48.7 Å². The Bertz CT molecular complexity index is 1410. The largest absolute Gasteiger partial charge is 0.573 e. The zero-order valence-electron chi connectivity index (χ0n) is 19.7. The molecule has 14 heteroatoms. The van der Waals surface area contributed by atoms with Gasteiger partial charge in [-0.05, 0) is 49.7 Å². The van der Waals surface area contributed by atoms with Gasteiger partial charge in [-0.15, -0.1) is 13.2 Å². The van der Waals surface area contributed by atoms with Crippen molar-refractivity contribution in [2.75, 3.05) is 4.90 Å². The number of carbonyl (C=O) groups excluding carboxylic acids is 2. The Kier molecular flexibility index (Phi) is 7.06. The van der Waals surface area contributed by atoms with E-state index in [0.29, 0.717) is 5.56 Å². The first kappa shape index (κ1) is 27.3. The molecule has 0 saturated heterocycles. The molecule has 1 aliphatic heterocycles. The summed E-state index contributed by atoms with van der Waals surface area (Å²) in [5, 5.41) is 12.0. The van der Waals surface area contributed by atoms with Gasteiger partial charge in [-0.25, -0.2) is 9.88 Å². The molecule has 200 valence electrons. The van der Waals surface area contributed by atoms with E-state index in [1.807, 2.05) is 0 Å². The quantitative estimate of drug-likeness (QED) is 0.416. The number of carboxylic acids is 1. The van der Waals surface area contributed by atoms with Gasteiger partial charge >= 0.3 is 12.3 Å². The van der Waals surface area contributed by atoms with Crippen LogP contribution in [0.2, 0.25) is 10.0 Å². The molecule has 2 amide bonds. The van der Waals surface area contributed by atoms with Gasteiger partial charge in [0, 0.05) is 16.5 Å². The SMILES string of the molecule is CC(NC(=O)c1cnc2n1C(C)(Cc1ccc(OC(F)(F)F)cc1)C(=O)N2c1cc(Cl)cc(Cl)c1)C(=O)O. The van der Waals surface area contributed by atoms with Gasteiger partial charge in [0.2, 0.25) is 5.95 Å². The zero-order valence-corrected chi connectivity index (χ0v) is 21.2. The number of rotatable bonds is 7. The van der Waals surface area contributed by atoms with E-state index in [4.69, 9.17) is 23.2 Å². The van der Waals surface area contributed by atoms with Crippen LogP contribution < -0.4 is 15.0 Å². The first-order valence-corrected chi connectivity index (χ1v) is 11.7. The van der Waals surface area contributed by atoms with Crippen molar-refractivity contribution in [3.8, 4) is 5.75 Å². The maximum atomic E-state index is 13.9. The molecular formula is C24H19Cl2F3N4O5. The Morgan fingerprint density at radius 3 is 2.32 bits per heavy atom. The van der Waals surface area contributed by atoms with Crippen molar-refractivity contribution in [3.05, 3.63) is 70.0 Å². The second kappa shape index (κ2) is 9.84. The van der Waals surface area contributed by atoms with Gasteiger partial charge in [0.15, 0.2) is 0 Å². The van der Waals surface area contributed by atoms with Crippen LogP contribution >= 0.6 is 23.2 Å². The van der Waals surface area contributed by atoms with Crippen molar-refractivity contribution in [1.29, 1.82) is 0 Å². The highest BCUT2D eigenvalue weighted by molar-refractivity contribution is 6.35. The number of alkyl halides is 3. The maximum absolute atomic E-state index is 13.9. The van der Waals surface area contributed by atoms with Crippen molar-refractivity contribution >= 4 is 52.6 Å². The smallest absolute Gasteiger partial charge is 0.480 e. The first-order chi connectivity index (χ1) is 17.7. The third-order valence-electron chi connectivity index (χ3n) is 5.86. The minimum atomic E-state index is -4.87. The molecule has 4 rings (SSSR count). The standard InChI is InChI=1S/C24H19Cl2F3N4O5/c1-12(20(35)36)31-19(34)18-11-30-22-32(16-8-14(25)7-15(26)9-16)21(37)23(2,33(18)22)10-13-3-5-17(6-4-13)38-24(27,28)29/h3-9,11-12H,10H2,1-2H3,(H,31,34)(H,35,36). The lowest BCUT2D eigenvalue weighted by Crippen LogP contribution is -2.44. The van der Waals surface area contributed by atoms with Gasteiger partial charge in [-0.1, -0.05) is 35.3 Å². The van der Waals surface area contributed by atoms with E-state index in [1.54, 1.807) is 0 Å². The second-order valence-electron chi connectivity index (χ2n) is 8.72. The Balaban J connectivity index is 1.79. The average Bonchev–Trinajstić information content (AvgIpc) is 3.32. The highest BCUT2D eigenvalue weighted by Gasteiger charge is 2.51. The summed E-state index contributed by atoms with van der Waals surface area (Å²) in [7, 11) is 0. The van der Waals surface area contributed by atoms with Gasteiger partial charge in [-0.2, -0.15) is 0 Å². The van der Waals surface area contributed by atoms with Crippen LogP contribution in [-0.2, 0) is 21.5 Å². The van der Waals surface area contributed by atoms with Crippen molar-refractivity contribution in [1.82, 2.24) is 14.9 Å². The minimum Gasteiger partial charge on any atom is -0.480 e. The summed E-state index contributed by atoms with van der Waals surface area (Å²) in [5.41, 5.74) is -0.891. The molecule has 1 aromatic heterocycles. The number of hydrogen-bond acceptors (Lipinski definition) is 5. The normalized spacial score (nSPS) is 17.8. The molecule has 0 radical (unpaired) electrons. The summed E-state index contributed by atoms with van der Waals surface area (Å²) >= 11 is 12.3. The van der Waals surface area contributed by atoms with Gasteiger partial charge in [0.25, 0.3) is 11.8 Å². The lowest BCUT2D eigenvalue weighted by atomic mass is 9.91. The summed E-state index contributed by atoms with van der Waals surface area (Å²) in [4.78, 5) is 43.7. The first-order valence-electron chi connectivity index (χ1n) is 11.0. The molecule has 2 atom stereocenters. The fraction of sp³-hybridized carbons (Fsp3) is 0.250. The van der Waals surface area contributed by atoms with E-state index in [9.17, 15) is 32.7 Å². The molecule has 0 saturated carbocycles. The Labute approximate surface area is 223 Å². The number of nitrogens with zero attached hydrogens (tertiary/aromatic N) is 3. The lowest BCUT2D eigenvalue weighted by Gasteiger charge is -2.27. The number of ether oxygens (including phenoxy) is 1. The number of nitrogens with one attached hydrogen (secondary N) is 1. The second-order valence-corrected chi connectivity index (χ2v) is 9.60. The molecule has 9 nitrogen and oxygen atoms in total. The molecule has 2 unspecified atom stereocenters. The van der Waals surface area contributed by atoms with Crippen LogP contribution in [0.5, 0.6) is 5.75 Å². The van der Waals surface area contributed by atoms with Crippen LogP contribution in [0.1, 0.15) is 29.9 Å². The Hall–Kier alpha value is -3.77. The molecule has 2 heterocycles. The van der Waals surface area contributed by atoms with Crippen LogP contribution in [0.4, 0.5) is 24.8 Å². The Morgan fingerprint density at radius 2 is 1.76 bits per heavy atom.